The highest BCUT2D eigenvalue weighted by Gasteiger charge is 2.47. The SMILES string of the molecule is CCC1OC=C2CCCC23CCc2cccc(c23)O1. The molecule has 2 unspecified atom stereocenters. The average Bonchev–Trinajstić information content (AvgIpc) is 2.99. The highest BCUT2D eigenvalue weighted by atomic mass is 16.7. The molecule has 1 aromatic rings. The van der Waals surface area contributed by atoms with E-state index in [1.165, 1.54) is 48.8 Å². The Morgan fingerprint density at radius 2 is 2.21 bits per heavy atom. The molecule has 0 bridgehead atoms. The molecule has 0 amide bonds. The summed E-state index contributed by atoms with van der Waals surface area (Å²) in [6.45, 7) is 2.11. The van der Waals surface area contributed by atoms with Crippen molar-refractivity contribution < 1.29 is 9.47 Å². The molecule has 0 N–H and O–H groups in total. The van der Waals surface area contributed by atoms with Gasteiger partial charge < -0.3 is 9.47 Å². The summed E-state index contributed by atoms with van der Waals surface area (Å²) in [5.74, 6) is 1.06. The molecule has 2 nitrogen and oxygen atoms in total. The van der Waals surface area contributed by atoms with Crippen LogP contribution in [0.2, 0.25) is 0 Å². The van der Waals surface area contributed by atoms with Crippen LogP contribution in [-0.4, -0.2) is 6.29 Å². The summed E-state index contributed by atoms with van der Waals surface area (Å²) >= 11 is 0. The zero-order chi connectivity index (χ0) is 12.9. The Balaban J connectivity index is 1.93. The molecule has 0 saturated heterocycles. The Hall–Kier alpha value is -1.44. The van der Waals surface area contributed by atoms with Crippen molar-refractivity contribution in [1.29, 1.82) is 0 Å². The van der Waals surface area contributed by atoms with Gasteiger partial charge in [0.2, 0.25) is 6.29 Å². The van der Waals surface area contributed by atoms with Crippen LogP contribution in [0.4, 0.5) is 0 Å². The fraction of sp³-hybridized carbons (Fsp3) is 0.529. The van der Waals surface area contributed by atoms with Crippen LogP contribution in [0.25, 0.3) is 0 Å². The minimum absolute atomic E-state index is 0.141. The fourth-order valence-corrected chi connectivity index (χ4v) is 4.13. The number of allylic oxidation sites excluding steroid dienone is 1. The first kappa shape index (κ1) is 11.4. The maximum atomic E-state index is 6.11. The zero-order valence-corrected chi connectivity index (χ0v) is 11.4. The summed E-state index contributed by atoms with van der Waals surface area (Å²) < 4.78 is 12.0. The van der Waals surface area contributed by atoms with Gasteiger partial charge in [0.15, 0.2) is 0 Å². The van der Waals surface area contributed by atoms with Gasteiger partial charge in [-0.25, -0.2) is 0 Å². The van der Waals surface area contributed by atoms with Crippen molar-refractivity contribution in [1.82, 2.24) is 0 Å². The second-order valence-corrected chi connectivity index (χ2v) is 5.96. The molecule has 2 heteroatoms. The van der Waals surface area contributed by atoms with Crippen molar-refractivity contribution >= 4 is 0 Å². The molecule has 1 aromatic carbocycles. The number of benzene rings is 1. The van der Waals surface area contributed by atoms with Crippen molar-refractivity contribution in [3.8, 4) is 5.75 Å². The lowest BCUT2D eigenvalue weighted by Crippen LogP contribution is -2.27. The number of ether oxygens (including phenoxy) is 2. The van der Waals surface area contributed by atoms with Gasteiger partial charge in [-0.1, -0.05) is 19.1 Å². The summed E-state index contributed by atoms with van der Waals surface area (Å²) in [5, 5.41) is 0. The van der Waals surface area contributed by atoms with Gasteiger partial charge in [-0.15, -0.1) is 0 Å². The molecular weight excluding hydrogens is 236 g/mol. The molecule has 1 spiro atoms. The average molecular weight is 256 g/mol. The third kappa shape index (κ3) is 1.49. The summed E-state index contributed by atoms with van der Waals surface area (Å²) in [6, 6.07) is 6.52. The Morgan fingerprint density at radius 1 is 1.26 bits per heavy atom. The highest BCUT2D eigenvalue weighted by Crippen LogP contribution is 2.56. The van der Waals surface area contributed by atoms with Crippen molar-refractivity contribution in [3.05, 3.63) is 41.2 Å². The fourth-order valence-electron chi connectivity index (χ4n) is 4.13. The summed E-state index contributed by atoms with van der Waals surface area (Å²) in [5.41, 5.74) is 4.69. The molecule has 1 heterocycles. The smallest absolute Gasteiger partial charge is 0.240 e. The molecule has 3 aliphatic rings. The maximum absolute atomic E-state index is 6.11. The monoisotopic (exact) mass is 256 g/mol. The molecule has 1 aliphatic heterocycles. The summed E-state index contributed by atoms with van der Waals surface area (Å²) in [7, 11) is 0. The van der Waals surface area contributed by atoms with Crippen molar-refractivity contribution in [2.75, 3.05) is 0 Å². The lowest BCUT2D eigenvalue weighted by molar-refractivity contribution is -0.0362. The Bertz CT molecular complexity index is 546. The van der Waals surface area contributed by atoms with Crippen LogP contribution in [0.15, 0.2) is 30.0 Å². The molecule has 19 heavy (non-hydrogen) atoms. The van der Waals surface area contributed by atoms with Crippen molar-refractivity contribution in [2.24, 2.45) is 0 Å². The van der Waals surface area contributed by atoms with E-state index in [1.54, 1.807) is 0 Å². The zero-order valence-electron chi connectivity index (χ0n) is 11.4. The Labute approximate surface area is 114 Å². The van der Waals surface area contributed by atoms with Gasteiger partial charge in [0.25, 0.3) is 0 Å². The molecule has 1 saturated carbocycles. The highest BCUT2D eigenvalue weighted by molar-refractivity contribution is 5.55. The lowest BCUT2D eigenvalue weighted by atomic mass is 9.77. The predicted octanol–water partition coefficient (Wildman–Crippen LogP) is 4.08. The molecular formula is C17H20O2. The van der Waals surface area contributed by atoms with Gasteiger partial charge in [0.05, 0.1) is 6.26 Å². The quantitative estimate of drug-likeness (QED) is 0.753. The molecule has 4 rings (SSSR count). The second kappa shape index (κ2) is 4.03. The van der Waals surface area contributed by atoms with E-state index in [0.717, 1.165) is 12.2 Å². The summed E-state index contributed by atoms with van der Waals surface area (Å²) in [4.78, 5) is 0. The first-order valence-corrected chi connectivity index (χ1v) is 7.47. The van der Waals surface area contributed by atoms with E-state index in [0.29, 0.717) is 0 Å². The number of hydrogen-bond acceptors (Lipinski definition) is 2. The third-order valence-corrected chi connectivity index (χ3v) is 5.03. The van der Waals surface area contributed by atoms with E-state index in [-0.39, 0.29) is 11.7 Å². The van der Waals surface area contributed by atoms with E-state index in [4.69, 9.17) is 9.47 Å². The van der Waals surface area contributed by atoms with Gasteiger partial charge in [-0.05, 0) is 49.3 Å². The topological polar surface area (TPSA) is 18.5 Å². The van der Waals surface area contributed by atoms with Crippen LogP contribution in [0.3, 0.4) is 0 Å². The van der Waals surface area contributed by atoms with Crippen LogP contribution < -0.4 is 4.74 Å². The molecule has 0 radical (unpaired) electrons. The van der Waals surface area contributed by atoms with Gasteiger partial charge in [0, 0.05) is 17.4 Å². The number of hydrogen-bond donors (Lipinski definition) is 0. The molecule has 2 aliphatic carbocycles. The first-order valence-electron chi connectivity index (χ1n) is 7.47. The van der Waals surface area contributed by atoms with Crippen LogP contribution in [0.5, 0.6) is 5.75 Å². The number of aryl methyl sites for hydroxylation is 1. The normalized spacial score (nSPS) is 31.4. The van der Waals surface area contributed by atoms with Gasteiger partial charge in [-0.3, -0.25) is 0 Å². The van der Waals surface area contributed by atoms with Gasteiger partial charge in [-0.2, -0.15) is 0 Å². The summed E-state index contributed by atoms with van der Waals surface area (Å²) in [6.07, 6.45) is 8.89. The third-order valence-electron chi connectivity index (χ3n) is 5.03. The van der Waals surface area contributed by atoms with E-state index in [2.05, 4.69) is 25.1 Å². The lowest BCUT2D eigenvalue weighted by Gasteiger charge is -2.32. The van der Waals surface area contributed by atoms with Crippen molar-refractivity contribution in [2.45, 2.75) is 57.2 Å². The first-order chi connectivity index (χ1) is 9.33. The van der Waals surface area contributed by atoms with Gasteiger partial charge in [0.1, 0.15) is 5.75 Å². The van der Waals surface area contributed by atoms with Crippen molar-refractivity contribution in [3.63, 3.8) is 0 Å². The number of rotatable bonds is 1. The molecule has 0 aromatic heterocycles. The standard InChI is InChI=1S/C17H20O2/c1-2-15-18-11-13-6-4-9-17(13)10-8-12-5-3-7-14(19-15)16(12)17/h3,5,7,11,15H,2,4,6,8-10H2,1H3. The minimum Gasteiger partial charge on any atom is -0.463 e. The second-order valence-electron chi connectivity index (χ2n) is 5.96. The van der Waals surface area contributed by atoms with Crippen LogP contribution in [0, 0.1) is 0 Å². The molecule has 1 fully saturated rings. The predicted molar refractivity (Wildman–Crippen MR) is 74.2 cm³/mol. The van der Waals surface area contributed by atoms with Crippen LogP contribution >= 0.6 is 0 Å². The van der Waals surface area contributed by atoms with Crippen LogP contribution in [0.1, 0.15) is 50.2 Å². The van der Waals surface area contributed by atoms with E-state index < -0.39 is 0 Å². The Morgan fingerprint density at radius 3 is 3.11 bits per heavy atom. The maximum Gasteiger partial charge on any atom is 0.240 e. The van der Waals surface area contributed by atoms with E-state index in [1.807, 2.05) is 6.26 Å². The minimum atomic E-state index is -0.141. The molecule has 2 atom stereocenters. The van der Waals surface area contributed by atoms with Gasteiger partial charge >= 0.3 is 0 Å². The van der Waals surface area contributed by atoms with Crippen LogP contribution in [-0.2, 0) is 16.6 Å². The molecule has 100 valence electrons. The Kier molecular flexibility index (Phi) is 2.41. The van der Waals surface area contributed by atoms with E-state index in [9.17, 15) is 0 Å². The van der Waals surface area contributed by atoms with E-state index >= 15 is 0 Å². The largest absolute Gasteiger partial charge is 0.463 e.